The molecule has 0 unspecified atom stereocenters. The average Bonchev–Trinajstić information content (AvgIpc) is 2.59. The molecule has 2 aromatic rings. The molecule has 0 fully saturated rings. The quantitative estimate of drug-likeness (QED) is 0.380. The highest BCUT2D eigenvalue weighted by atomic mass is 16.6. The smallest absolute Gasteiger partial charge is 0.275 e. The number of hydrogen-bond donors (Lipinski definition) is 1. The molecule has 0 aliphatic rings. The van der Waals surface area contributed by atoms with Crippen LogP contribution in [0.5, 0.6) is 0 Å². The zero-order chi connectivity index (χ0) is 17.7. The zero-order valence-corrected chi connectivity index (χ0v) is 13.1. The number of anilines is 1. The Hall–Kier alpha value is -3.40. The first-order chi connectivity index (χ1) is 11.5. The van der Waals surface area contributed by atoms with Gasteiger partial charge in [-0.15, -0.1) is 0 Å². The minimum Gasteiger partial charge on any atom is -0.366 e. The molecule has 0 aliphatic heterocycles. The fourth-order valence-electron chi connectivity index (χ4n) is 2.32. The number of amides is 1. The van der Waals surface area contributed by atoms with Crippen LogP contribution >= 0.6 is 0 Å². The van der Waals surface area contributed by atoms with Crippen molar-refractivity contribution < 1.29 is 9.72 Å². The molecule has 1 amide bonds. The van der Waals surface area contributed by atoms with Crippen molar-refractivity contribution in [2.24, 2.45) is 5.73 Å². The molecule has 0 heterocycles. The number of nitriles is 1. The Morgan fingerprint density at radius 1 is 1.33 bits per heavy atom. The van der Waals surface area contributed by atoms with E-state index in [1.807, 2.05) is 31.3 Å². The van der Waals surface area contributed by atoms with Gasteiger partial charge >= 0.3 is 0 Å². The van der Waals surface area contributed by atoms with Gasteiger partial charge in [-0.3, -0.25) is 19.8 Å². The normalized spacial score (nSPS) is 10.0. The summed E-state index contributed by atoms with van der Waals surface area (Å²) in [4.78, 5) is 23.2. The molecular weight excluding hydrogens is 308 g/mol. The molecule has 0 radical (unpaired) electrons. The van der Waals surface area contributed by atoms with Gasteiger partial charge in [0.05, 0.1) is 22.7 Å². The van der Waals surface area contributed by atoms with Crippen molar-refractivity contribution in [3.05, 3.63) is 69.3 Å². The highest BCUT2D eigenvalue weighted by molar-refractivity contribution is 5.93. The molecule has 122 valence electrons. The van der Waals surface area contributed by atoms with E-state index >= 15 is 0 Å². The lowest BCUT2D eigenvalue weighted by Crippen LogP contribution is -2.18. The van der Waals surface area contributed by atoms with Gasteiger partial charge in [0.15, 0.2) is 6.19 Å². The van der Waals surface area contributed by atoms with Crippen LogP contribution in [0.15, 0.2) is 42.5 Å². The average molecular weight is 324 g/mol. The predicted molar refractivity (Wildman–Crippen MR) is 89.2 cm³/mol. The van der Waals surface area contributed by atoms with Crippen molar-refractivity contribution in [3.8, 4) is 6.19 Å². The van der Waals surface area contributed by atoms with E-state index in [-0.39, 0.29) is 17.8 Å². The van der Waals surface area contributed by atoms with E-state index in [4.69, 9.17) is 5.73 Å². The number of carbonyl (C=O) groups excluding carboxylic acids is 1. The number of hydrogen-bond acceptors (Lipinski definition) is 5. The summed E-state index contributed by atoms with van der Waals surface area (Å²) in [5, 5.41) is 20.7. The highest BCUT2D eigenvalue weighted by Crippen LogP contribution is 2.25. The van der Waals surface area contributed by atoms with Crippen LogP contribution in [0.4, 0.5) is 11.4 Å². The molecule has 24 heavy (non-hydrogen) atoms. The lowest BCUT2D eigenvalue weighted by Gasteiger charge is -2.17. The number of aryl methyl sites for hydroxylation is 1. The largest absolute Gasteiger partial charge is 0.366 e. The Kier molecular flexibility index (Phi) is 5.12. The third-order valence-corrected chi connectivity index (χ3v) is 3.65. The molecule has 0 saturated heterocycles. The maximum absolute atomic E-state index is 11.3. The molecule has 0 saturated carbocycles. The van der Waals surface area contributed by atoms with Crippen LogP contribution in [0, 0.1) is 21.6 Å². The molecule has 0 bridgehead atoms. The summed E-state index contributed by atoms with van der Waals surface area (Å²) in [7, 11) is 0. The van der Waals surface area contributed by atoms with Crippen LogP contribution in [0.25, 0.3) is 0 Å². The van der Waals surface area contributed by atoms with Crippen molar-refractivity contribution >= 4 is 17.3 Å². The minimum atomic E-state index is -0.738. The van der Waals surface area contributed by atoms with Crippen molar-refractivity contribution in [2.45, 2.75) is 19.9 Å². The molecule has 0 atom stereocenters. The number of nitrogens with two attached hydrogens (primary N) is 1. The van der Waals surface area contributed by atoms with Gasteiger partial charge in [0.2, 0.25) is 5.91 Å². The third-order valence-electron chi connectivity index (χ3n) is 3.65. The molecule has 7 heteroatoms. The molecule has 0 aliphatic carbocycles. The van der Waals surface area contributed by atoms with Crippen LogP contribution in [0.2, 0.25) is 0 Å². The maximum Gasteiger partial charge on any atom is 0.275 e. The molecule has 0 spiro atoms. The Balaban J connectivity index is 2.39. The van der Waals surface area contributed by atoms with Gasteiger partial charge in [-0.1, -0.05) is 19.1 Å². The van der Waals surface area contributed by atoms with E-state index in [1.54, 1.807) is 6.07 Å². The standard InChI is InChI=1S/C17H16N4O3/c1-2-12-4-3-5-15(8-12)20(11-18)10-14-7-6-13(17(19)22)9-16(14)21(23)24/h3-9H,2,10H2,1H3,(H2,19,22). The number of nitro benzene ring substituents is 1. The van der Waals surface area contributed by atoms with E-state index in [0.717, 1.165) is 18.1 Å². The molecule has 2 rings (SSSR count). The van der Waals surface area contributed by atoms with Crippen molar-refractivity contribution in [3.63, 3.8) is 0 Å². The summed E-state index contributed by atoms with van der Waals surface area (Å²) in [6.07, 6.45) is 2.86. The summed E-state index contributed by atoms with van der Waals surface area (Å²) >= 11 is 0. The van der Waals surface area contributed by atoms with Gasteiger partial charge in [0.25, 0.3) is 5.69 Å². The van der Waals surface area contributed by atoms with Crippen LogP contribution in [-0.2, 0) is 13.0 Å². The first-order valence-electron chi connectivity index (χ1n) is 7.29. The number of benzene rings is 2. The van der Waals surface area contributed by atoms with Gasteiger partial charge < -0.3 is 5.73 Å². The van der Waals surface area contributed by atoms with E-state index < -0.39 is 10.8 Å². The monoisotopic (exact) mass is 324 g/mol. The van der Waals surface area contributed by atoms with E-state index in [2.05, 4.69) is 0 Å². The third kappa shape index (κ3) is 3.67. The topological polar surface area (TPSA) is 113 Å². The predicted octanol–water partition coefficient (Wildman–Crippen LogP) is 2.74. The molecule has 2 aromatic carbocycles. The van der Waals surface area contributed by atoms with Crippen LogP contribution in [0.3, 0.4) is 0 Å². The van der Waals surface area contributed by atoms with Gasteiger partial charge in [0, 0.05) is 11.6 Å². The first-order valence-corrected chi connectivity index (χ1v) is 7.29. The van der Waals surface area contributed by atoms with Gasteiger partial charge in [-0.2, -0.15) is 5.26 Å². The van der Waals surface area contributed by atoms with Gasteiger partial charge in [0.1, 0.15) is 0 Å². The SMILES string of the molecule is CCc1cccc(N(C#N)Cc2ccc(C(N)=O)cc2[N+](=O)[O-])c1. The molecule has 2 N–H and O–H groups in total. The summed E-state index contributed by atoms with van der Waals surface area (Å²) in [6, 6.07) is 11.4. The summed E-state index contributed by atoms with van der Waals surface area (Å²) < 4.78 is 0. The Morgan fingerprint density at radius 2 is 2.08 bits per heavy atom. The first kappa shape index (κ1) is 17.0. The molecule has 7 nitrogen and oxygen atoms in total. The number of primary amides is 1. The number of rotatable bonds is 6. The van der Waals surface area contributed by atoms with Crippen molar-refractivity contribution in [1.29, 1.82) is 5.26 Å². The van der Waals surface area contributed by atoms with E-state index in [0.29, 0.717) is 11.3 Å². The lowest BCUT2D eigenvalue weighted by atomic mass is 10.1. The minimum absolute atomic E-state index is 0.0268. The Bertz CT molecular complexity index is 827. The summed E-state index contributed by atoms with van der Waals surface area (Å²) in [5.74, 6) is -0.738. The van der Waals surface area contributed by atoms with Gasteiger partial charge in [-0.25, -0.2) is 0 Å². The summed E-state index contributed by atoms with van der Waals surface area (Å²) in [5.41, 5.74) is 7.02. The van der Waals surface area contributed by atoms with Crippen LogP contribution < -0.4 is 10.6 Å². The Morgan fingerprint density at radius 3 is 2.67 bits per heavy atom. The van der Waals surface area contributed by atoms with Crippen molar-refractivity contribution in [2.75, 3.05) is 4.90 Å². The zero-order valence-electron chi connectivity index (χ0n) is 13.1. The number of carbonyl (C=O) groups is 1. The maximum atomic E-state index is 11.3. The van der Waals surface area contributed by atoms with E-state index in [9.17, 15) is 20.2 Å². The van der Waals surface area contributed by atoms with Gasteiger partial charge in [-0.05, 0) is 36.2 Å². The molecular formula is C17H16N4O3. The fourth-order valence-corrected chi connectivity index (χ4v) is 2.32. The highest BCUT2D eigenvalue weighted by Gasteiger charge is 2.19. The van der Waals surface area contributed by atoms with E-state index in [1.165, 1.54) is 17.0 Å². The fraction of sp³-hybridized carbons (Fsp3) is 0.176. The second kappa shape index (κ2) is 7.24. The second-order valence-corrected chi connectivity index (χ2v) is 5.17. The summed E-state index contributed by atoms with van der Waals surface area (Å²) in [6.45, 7) is 2.03. The number of nitrogens with zero attached hydrogens (tertiary/aromatic N) is 3. The van der Waals surface area contributed by atoms with Crippen LogP contribution in [-0.4, -0.2) is 10.8 Å². The number of nitro groups is 1. The molecule has 0 aromatic heterocycles. The Labute approximate surface area is 139 Å². The lowest BCUT2D eigenvalue weighted by molar-refractivity contribution is -0.385. The van der Waals surface area contributed by atoms with Crippen LogP contribution in [0.1, 0.15) is 28.4 Å². The second-order valence-electron chi connectivity index (χ2n) is 5.17. The van der Waals surface area contributed by atoms with Crippen molar-refractivity contribution in [1.82, 2.24) is 0 Å².